The number of aliphatic imine (C=N–C) groups is 2. The molecule has 0 unspecified atom stereocenters. The average molecular weight is 584 g/mol. The van der Waals surface area contributed by atoms with Gasteiger partial charge in [-0.15, -0.1) is 0 Å². The molecule has 8 nitrogen and oxygen atoms in total. The van der Waals surface area contributed by atoms with Gasteiger partial charge < -0.3 is 25.5 Å². The molecule has 4 bridgehead atoms. The van der Waals surface area contributed by atoms with E-state index >= 15 is 0 Å². The summed E-state index contributed by atoms with van der Waals surface area (Å²) in [7, 11) is 0. The highest BCUT2D eigenvalue weighted by Gasteiger charge is 2.20. The molecule has 0 saturated heterocycles. The molecular weight excluding hydrogens is 538 g/mol. The van der Waals surface area contributed by atoms with Crippen molar-refractivity contribution in [3.63, 3.8) is 0 Å². The summed E-state index contributed by atoms with van der Waals surface area (Å²) in [6.45, 7) is 14.6. The van der Waals surface area contributed by atoms with Crippen LogP contribution in [0, 0.1) is 6.92 Å². The van der Waals surface area contributed by atoms with Crippen molar-refractivity contribution in [2.45, 2.75) is 87.0 Å². The van der Waals surface area contributed by atoms with Crippen LogP contribution in [0.2, 0.25) is 0 Å². The van der Waals surface area contributed by atoms with Gasteiger partial charge in [-0.05, 0) is 97.6 Å². The van der Waals surface area contributed by atoms with Crippen molar-refractivity contribution < 1.29 is 14.6 Å². The normalized spacial score (nSPS) is 17.5. The molecule has 1 aromatic carbocycles. The Bertz CT molecular complexity index is 1630. The lowest BCUT2D eigenvalue weighted by molar-refractivity contribution is -0.139. The average Bonchev–Trinajstić information content (AvgIpc) is 3.47. The maximum Gasteiger partial charge on any atom is 0.341 e. The molecule has 1 aliphatic heterocycles. The lowest BCUT2D eigenvalue weighted by Gasteiger charge is -2.14. The molecule has 0 saturated carbocycles. The third-order valence-electron chi connectivity index (χ3n) is 8.51. The molecule has 3 aromatic rings. The Hall–Kier alpha value is -4.33. The van der Waals surface area contributed by atoms with E-state index < -0.39 is 12.6 Å². The first-order chi connectivity index (χ1) is 20.6. The van der Waals surface area contributed by atoms with E-state index in [1.807, 2.05) is 19.4 Å². The smallest absolute Gasteiger partial charge is 0.341 e. The van der Waals surface area contributed by atoms with Gasteiger partial charge in [-0.2, -0.15) is 0 Å². The molecular formula is C35H45N5O3. The van der Waals surface area contributed by atoms with E-state index in [1.165, 1.54) is 39.3 Å². The van der Waals surface area contributed by atoms with Gasteiger partial charge in [-0.1, -0.05) is 27.7 Å². The summed E-state index contributed by atoms with van der Waals surface area (Å²) in [6.07, 6.45) is 8.74. The van der Waals surface area contributed by atoms with Crippen molar-refractivity contribution >= 4 is 29.8 Å². The van der Waals surface area contributed by atoms with Gasteiger partial charge in [-0.25, -0.2) is 4.79 Å². The van der Waals surface area contributed by atoms with Gasteiger partial charge >= 0.3 is 5.97 Å². The zero-order chi connectivity index (χ0) is 31.3. The van der Waals surface area contributed by atoms with E-state index in [2.05, 4.69) is 51.5 Å². The monoisotopic (exact) mass is 583 g/mol. The third kappa shape index (κ3) is 6.85. The second-order valence-corrected chi connectivity index (χ2v) is 11.1. The topological polar surface area (TPSA) is 129 Å². The number of nitrogens with one attached hydrogen (secondary N) is 2. The zero-order valence-corrected chi connectivity index (χ0v) is 26.6. The summed E-state index contributed by atoms with van der Waals surface area (Å²) in [5.41, 5.74) is 22.0. The Morgan fingerprint density at radius 3 is 2.12 bits per heavy atom. The number of ether oxygens (including phenoxy) is 1. The summed E-state index contributed by atoms with van der Waals surface area (Å²) in [5, 5.41) is 9.08. The number of aliphatic carboxylic acids is 1. The third-order valence-corrected chi connectivity index (χ3v) is 8.51. The lowest BCUT2D eigenvalue weighted by atomic mass is 9.95. The highest BCUT2D eigenvalue weighted by atomic mass is 16.5. The first kappa shape index (κ1) is 31.6. The van der Waals surface area contributed by atoms with E-state index in [-0.39, 0.29) is 0 Å². The van der Waals surface area contributed by atoms with Crippen LogP contribution < -0.4 is 10.5 Å². The summed E-state index contributed by atoms with van der Waals surface area (Å²) in [6, 6.07) is 5.25. The van der Waals surface area contributed by atoms with Crippen LogP contribution in [0.15, 0.2) is 50.6 Å². The second-order valence-electron chi connectivity index (χ2n) is 11.1. The molecule has 0 spiro atoms. The van der Waals surface area contributed by atoms with Crippen LogP contribution in [0.3, 0.4) is 0 Å². The minimum Gasteiger partial charge on any atom is -0.482 e. The molecule has 8 heteroatoms. The number of aromatic nitrogens is 2. The molecule has 43 heavy (non-hydrogen) atoms. The molecule has 5 N–H and O–H groups in total. The standard InChI is InChI=1S/C35H45N5O3/c1-8-24-21(6)20(5)17-37-33-14-23(43-19-35(41)42)12-13-29(33)38-18-34-22(7)25(9-2)31(40-34)16-32-27(11-4)26(10-3)30(39-32)15-28(24)36/h12-14,17-18,39-40H,8-11,15-16,19,36H2,1-7H3,(H,41,42)/b21-20+,28-24-,37-17?,38-18?. The lowest BCUT2D eigenvalue weighted by Crippen LogP contribution is -2.09. The number of fused-ring (bicyclic) bond motifs is 5. The fraction of sp³-hybridized carbons (Fsp3) is 0.400. The van der Waals surface area contributed by atoms with E-state index in [9.17, 15) is 4.79 Å². The number of allylic oxidation sites excluding steroid dienone is 4. The number of carboxylic acid groups (broad SMARTS) is 1. The minimum atomic E-state index is -1.04. The number of hydrogen-bond donors (Lipinski definition) is 4. The minimum absolute atomic E-state index is 0.418. The van der Waals surface area contributed by atoms with Crippen molar-refractivity contribution in [1.29, 1.82) is 0 Å². The molecule has 0 fully saturated rings. The molecule has 1 aliphatic rings. The zero-order valence-electron chi connectivity index (χ0n) is 26.6. The maximum absolute atomic E-state index is 11.1. The summed E-state index contributed by atoms with van der Waals surface area (Å²) >= 11 is 0. The van der Waals surface area contributed by atoms with Crippen molar-refractivity contribution in [2.24, 2.45) is 15.7 Å². The Morgan fingerprint density at radius 2 is 1.49 bits per heavy atom. The molecule has 4 rings (SSSR count). The van der Waals surface area contributed by atoms with Gasteiger partial charge in [0.1, 0.15) is 5.75 Å². The van der Waals surface area contributed by atoms with Gasteiger partial charge in [0.05, 0.1) is 23.3 Å². The van der Waals surface area contributed by atoms with Gasteiger partial charge in [0.25, 0.3) is 0 Å². The molecule has 228 valence electrons. The fourth-order valence-electron chi connectivity index (χ4n) is 6.12. The SMILES string of the molecule is CCC1=C(/N)Cc2[nH]c(c(CC)c2CC)Cc2[nH]c(c(C)c2CC)C=Nc2ccc(OCC(=O)O)cc2N=C\C(C)=C\1C. The van der Waals surface area contributed by atoms with Crippen molar-refractivity contribution in [3.8, 4) is 5.75 Å². The number of aromatic amines is 2. The number of carboxylic acids is 1. The summed E-state index contributed by atoms with van der Waals surface area (Å²) in [5.74, 6) is -0.620. The predicted molar refractivity (Wildman–Crippen MR) is 176 cm³/mol. The van der Waals surface area contributed by atoms with Crippen molar-refractivity contribution in [2.75, 3.05) is 6.61 Å². The van der Waals surface area contributed by atoms with Crippen LogP contribution in [0.5, 0.6) is 5.75 Å². The van der Waals surface area contributed by atoms with Crippen molar-refractivity contribution in [3.05, 3.63) is 85.6 Å². The van der Waals surface area contributed by atoms with Gasteiger partial charge in [0.2, 0.25) is 0 Å². The Morgan fingerprint density at radius 1 is 0.860 bits per heavy atom. The van der Waals surface area contributed by atoms with Gasteiger partial charge in [0.15, 0.2) is 6.61 Å². The number of rotatable bonds is 7. The van der Waals surface area contributed by atoms with Crippen LogP contribution in [0.25, 0.3) is 0 Å². The van der Waals surface area contributed by atoms with Crippen molar-refractivity contribution in [1.82, 2.24) is 9.97 Å². The number of hydrogen-bond acceptors (Lipinski definition) is 5. The fourth-order valence-corrected chi connectivity index (χ4v) is 6.12. The van der Waals surface area contributed by atoms with Crippen LogP contribution in [0.1, 0.15) is 93.0 Å². The second kappa shape index (κ2) is 13.8. The largest absolute Gasteiger partial charge is 0.482 e. The number of nitrogens with zero attached hydrogens (tertiary/aromatic N) is 2. The number of H-pyrrole nitrogens is 2. The Balaban J connectivity index is 1.94. The first-order valence-electron chi connectivity index (χ1n) is 15.2. The first-order valence-corrected chi connectivity index (χ1v) is 15.2. The predicted octanol–water partition coefficient (Wildman–Crippen LogP) is 7.36. The molecule has 3 heterocycles. The number of benzene rings is 1. The Labute approximate surface area is 254 Å². The molecule has 2 aromatic heterocycles. The quantitative estimate of drug-likeness (QED) is 0.232. The van der Waals surface area contributed by atoms with Crippen LogP contribution in [-0.2, 0) is 36.9 Å². The molecule has 0 radical (unpaired) electrons. The summed E-state index contributed by atoms with van der Waals surface area (Å²) < 4.78 is 5.45. The molecule has 0 amide bonds. The molecule has 0 aliphatic carbocycles. The maximum atomic E-state index is 11.1. The summed E-state index contributed by atoms with van der Waals surface area (Å²) in [4.78, 5) is 28.2. The van der Waals surface area contributed by atoms with Crippen LogP contribution in [0.4, 0.5) is 11.4 Å². The van der Waals surface area contributed by atoms with Crippen LogP contribution in [-0.4, -0.2) is 40.1 Å². The van der Waals surface area contributed by atoms with E-state index in [0.29, 0.717) is 23.5 Å². The molecule has 0 atom stereocenters. The Kier molecular flexibility index (Phi) is 10.1. The highest BCUT2D eigenvalue weighted by Crippen LogP contribution is 2.34. The van der Waals surface area contributed by atoms with Gasteiger partial charge in [0, 0.05) is 47.9 Å². The number of nitrogens with two attached hydrogens (primary N) is 1. The number of carbonyl (C=O) groups is 1. The highest BCUT2D eigenvalue weighted by molar-refractivity contribution is 5.87. The van der Waals surface area contributed by atoms with E-state index in [0.717, 1.165) is 60.2 Å². The van der Waals surface area contributed by atoms with Crippen LogP contribution >= 0.6 is 0 Å². The van der Waals surface area contributed by atoms with E-state index in [1.54, 1.807) is 18.2 Å². The van der Waals surface area contributed by atoms with Gasteiger partial charge in [-0.3, -0.25) is 9.98 Å². The van der Waals surface area contributed by atoms with E-state index in [4.69, 9.17) is 25.6 Å².